The van der Waals surface area contributed by atoms with Crippen LogP contribution in [0.15, 0.2) is 57.8 Å². The van der Waals surface area contributed by atoms with Crippen molar-refractivity contribution in [3.05, 3.63) is 68.9 Å². The van der Waals surface area contributed by atoms with E-state index in [0.29, 0.717) is 5.39 Å². The molecule has 1 aliphatic carbocycles. The molecule has 1 N–H and O–H groups in total. The Morgan fingerprint density at radius 2 is 1.78 bits per heavy atom. The first-order valence-corrected chi connectivity index (χ1v) is 8.48. The van der Waals surface area contributed by atoms with Crippen molar-refractivity contribution >= 4 is 26.7 Å². The number of ether oxygens (including phenoxy) is 1. The number of hydrogen-bond acceptors (Lipinski definition) is 2. The Bertz CT molecular complexity index is 990. The summed E-state index contributed by atoms with van der Waals surface area (Å²) in [6, 6.07) is 15.8. The predicted octanol–water partition coefficient (Wildman–Crippen LogP) is 3.20. The van der Waals surface area contributed by atoms with E-state index < -0.39 is 0 Å². The smallest absolute Gasteiger partial charge is 0.401 e. The van der Waals surface area contributed by atoms with Crippen LogP contribution in [-0.4, -0.2) is 5.10 Å². The fraction of sp³-hybridized carbons (Fsp3) is 0.222. The second kappa shape index (κ2) is 4.45. The van der Waals surface area contributed by atoms with Gasteiger partial charge >= 0.3 is 11.4 Å². The first-order valence-electron chi connectivity index (χ1n) is 7.69. The largest absolute Gasteiger partial charge is 0.427 e. The molecule has 23 heavy (non-hydrogen) atoms. The van der Waals surface area contributed by atoms with Crippen molar-refractivity contribution in [3.63, 3.8) is 0 Å². The summed E-state index contributed by atoms with van der Waals surface area (Å²) in [5.74, 6) is 0.769. The minimum Gasteiger partial charge on any atom is -0.427 e. The maximum Gasteiger partial charge on any atom is 0.401 e. The van der Waals surface area contributed by atoms with E-state index in [0.717, 1.165) is 34.1 Å². The number of hydrogen-bond donors (Lipinski definition) is 1. The Labute approximate surface area is 140 Å². The molecule has 0 radical (unpaired) electrons. The van der Waals surface area contributed by atoms with Crippen LogP contribution in [0, 0.1) is 0 Å². The van der Waals surface area contributed by atoms with E-state index in [4.69, 9.17) is 4.74 Å². The molecule has 1 saturated carbocycles. The lowest BCUT2D eigenvalue weighted by Gasteiger charge is -2.12. The van der Waals surface area contributed by atoms with Crippen molar-refractivity contribution < 1.29 is 9.42 Å². The van der Waals surface area contributed by atoms with Gasteiger partial charge in [0.15, 0.2) is 6.10 Å². The highest BCUT2D eigenvalue weighted by Crippen LogP contribution is 2.55. The lowest BCUT2D eigenvalue weighted by atomic mass is 10.0. The Kier molecular flexibility index (Phi) is 2.57. The number of benzene rings is 2. The molecule has 5 heteroatoms. The maximum atomic E-state index is 12.4. The van der Waals surface area contributed by atoms with Crippen LogP contribution >= 0.6 is 15.9 Å². The number of rotatable bonds is 1. The number of nitrogens with one attached hydrogen (secondary N) is 1. The second-order valence-electron chi connectivity index (χ2n) is 6.28. The zero-order valence-corrected chi connectivity index (χ0v) is 13.8. The number of aromatic amines is 1. The third-order valence-electron chi connectivity index (χ3n) is 4.92. The standard InChI is InChI=1S/C18H13BrN2O2/c19-12-7-5-11(6-8-12)15-18(9-10-18)21-17(23-15)14-4-2-1-3-13(14)16(22)20-21/h1-8,15H,9-10H2/p+1. The lowest BCUT2D eigenvalue weighted by molar-refractivity contribution is -0.778. The van der Waals surface area contributed by atoms with Gasteiger partial charge in [-0.1, -0.05) is 44.9 Å². The van der Waals surface area contributed by atoms with E-state index in [1.54, 1.807) is 0 Å². The van der Waals surface area contributed by atoms with Crippen molar-refractivity contribution in [3.8, 4) is 5.88 Å². The molecule has 2 heterocycles. The van der Waals surface area contributed by atoms with Gasteiger partial charge in [0.2, 0.25) is 5.54 Å². The van der Waals surface area contributed by atoms with Crippen LogP contribution in [0.5, 0.6) is 5.88 Å². The highest BCUT2D eigenvalue weighted by molar-refractivity contribution is 9.10. The van der Waals surface area contributed by atoms with Crippen LogP contribution in [0.2, 0.25) is 0 Å². The number of H-pyrrole nitrogens is 1. The Balaban J connectivity index is 1.74. The minimum absolute atomic E-state index is 0.0583. The molecule has 1 fully saturated rings. The predicted molar refractivity (Wildman–Crippen MR) is 89.5 cm³/mol. The monoisotopic (exact) mass is 369 g/mol. The first kappa shape index (κ1) is 13.3. The van der Waals surface area contributed by atoms with Crippen LogP contribution in [0.25, 0.3) is 10.8 Å². The molecule has 114 valence electrons. The SMILES string of the molecule is O=c1[nH][n+]2c(c3ccccc13)OC(c1ccc(Br)cc1)C21CC1. The second-order valence-corrected chi connectivity index (χ2v) is 7.20. The fourth-order valence-electron chi connectivity index (χ4n) is 3.60. The zero-order valence-electron chi connectivity index (χ0n) is 12.3. The number of aromatic nitrogens is 2. The normalized spacial score (nSPS) is 20.5. The third kappa shape index (κ3) is 1.77. The Morgan fingerprint density at radius 1 is 1.09 bits per heavy atom. The summed E-state index contributed by atoms with van der Waals surface area (Å²) in [7, 11) is 0. The third-order valence-corrected chi connectivity index (χ3v) is 5.45. The van der Waals surface area contributed by atoms with Gasteiger partial charge in [-0.2, -0.15) is 0 Å². The highest BCUT2D eigenvalue weighted by atomic mass is 79.9. The van der Waals surface area contributed by atoms with Crippen LogP contribution in [0.1, 0.15) is 24.5 Å². The number of fused-ring (bicyclic) bond motifs is 4. The van der Waals surface area contributed by atoms with Gasteiger partial charge in [-0.25, -0.2) is 0 Å². The summed E-state index contributed by atoms with van der Waals surface area (Å²) in [6.07, 6.45) is 1.97. The molecule has 0 amide bonds. The summed E-state index contributed by atoms with van der Waals surface area (Å²) in [4.78, 5) is 12.4. The van der Waals surface area contributed by atoms with Crippen LogP contribution in [0.4, 0.5) is 0 Å². The molecule has 2 aliphatic rings. The zero-order chi connectivity index (χ0) is 15.6. The lowest BCUT2D eigenvalue weighted by Crippen LogP contribution is -2.51. The molecule has 1 unspecified atom stereocenters. The van der Waals surface area contributed by atoms with Gasteiger partial charge in [0.25, 0.3) is 0 Å². The summed E-state index contributed by atoms with van der Waals surface area (Å²) >= 11 is 3.48. The number of nitrogens with zero attached hydrogens (tertiary/aromatic N) is 1. The van der Waals surface area contributed by atoms with Gasteiger partial charge in [-0.15, -0.1) is 5.10 Å². The molecule has 4 nitrogen and oxygen atoms in total. The molecule has 1 aromatic heterocycles. The van der Waals surface area contributed by atoms with Crippen LogP contribution < -0.4 is 15.0 Å². The average molecular weight is 370 g/mol. The molecule has 1 atom stereocenters. The summed E-state index contributed by atoms with van der Waals surface area (Å²) in [5.41, 5.74) is 0.932. The molecule has 1 aliphatic heterocycles. The van der Waals surface area contributed by atoms with E-state index >= 15 is 0 Å². The molecule has 5 rings (SSSR count). The van der Waals surface area contributed by atoms with Crippen LogP contribution in [-0.2, 0) is 5.54 Å². The highest BCUT2D eigenvalue weighted by Gasteiger charge is 2.68. The van der Waals surface area contributed by atoms with Crippen LogP contribution in [0.3, 0.4) is 0 Å². The molecule has 0 bridgehead atoms. The van der Waals surface area contributed by atoms with E-state index in [-0.39, 0.29) is 17.2 Å². The molecule has 1 spiro atoms. The van der Waals surface area contributed by atoms with Crippen molar-refractivity contribution in [1.29, 1.82) is 0 Å². The minimum atomic E-state index is -0.146. The number of halogens is 1. The Hall–Kier alpha value is -2.14. The molecule has 3 aromatic rings. The molecule has 2 aromatic carbocycles. The van der Waals surface area contributed by atoms with Crippen molar-refractivity contribution in [2.45, 2.75) is 24.5 Å². The van der Waals surface area contributed by atoms with Crippen molar-refractivity contribution in [1.82, 2.24) is 5.10 Å². The average Bonchev–Trinajstić information content (AvgIpc) is 3.30. The Morgan fingerprint density at radius 3 is 2.48 bits per heavy atom. The van der Waals surface area contributed by atoms with Crippen molar-refractivity contribution in [2.24, 2.45) is 0 Å². The molecule has 0 saturated heterocycles. The van der Waals surface area contributed by atoms with Gasteiger partial charge in [0, 0.05) is 17.3 Å². The van der Waals surface area contributed by atoms with Gasteiger partial charge in [0.05, 0.1) is 5.39 Å². The molecular weight excluding hydrogens is 356 g/mol. The van der Waals surface area contributed by atoms with Gasteiger partial charge in [0.1, 0.15) is 5.39 Å². The summed E-state index contributed by atoms with van der Waals surface area (Å²) in [5, 5.41) is 4.57. The van der Waals surface area contributed by atoms with E-state index in [2.05, 4.69) is 33.2 Å². The van der Waals surface area contributed by atoms with Gasteiger partial charge in [-0.3, -0.25) is 4.79 Å². The van der Waals surface area contributed by atoms with E-state index in [9.17, 15) is 4.79 Å². The van der Waals surface area contributed by atoms with Crippen molar-refractivity contribution in [2.75, 3.05) is 0 Å². The summed E-state index contributed by atoms with van der Waals surface area (Å²) in [6.45, 7) is 0. The molecular formula is C18H14BrN2O2+. The van der Waals surface area contributed by atoms with E-state index in [1.165, 1.54) is 0 Å². The summed E-state index contributed by atoms with van der Waals surface area (Å²) < 4.78 is 9.37. The quantitative estimate of drug-likeness (QED) is 0.669. The topological polar surface area (TPSA) is 46.0 Å². The fourth-order valence-corrected chi connectivity index (χ4v) is 3.86. The van der Waals surface area contributed by atoms with Gasteiger partial charge < -0.3 is 4.74 Å². The van der Waals surface area contributed by atoms with Gasteiger partial charge in [-0.05, 0) is 29.8 Å². The van der Waals surface area contributed by atoms with E-state index in [1.807, 2.05) is 41.1 Å². The maximum absolute atomic E-state index is 12.4. The first-order chi connectivity index (χ1) is 11.2.